The number of aliphatic hydroxyl groups excluding tert-OH is 8. The molecule has 3 saturated heterocycles. The summed E-state index contributed by atoms with van der Waals surface area (Å²) >= 11 is 0. The molecule has 0 radical (unpaired) electrons. The Morgan fingerprint density at radius 2 is 1.18 bits per heavy atom. The van der Waals surface area contributed by atoms with Crippen molar-refractivity contribution in [1.29, 1.82) is 0 Å². The van der Waals surface area contributed by atoms with Crippen LogP contribution in [0, 0.1) is 0 Å². The molecule has 0 aromatic rings. The number of hydrogen-bond acceptors (Lipinski definition) is 16. The van der Waals surface area contributed by atoms with Gasteiger partial charge in [-0.15, -0.1) is 0 Å². The van der Waals surface area contributed by atoms with Crippen molar-refractivity contribution >= 4 is 0 Å². The third kappa shape index (κ3) is 5.58. The Balaban J connectivity index is 1.80. The fraction of sp³-hybridized carbons (Fsp3) is 1.00. The van der Waals surface area contributed by atoms with E-state index in [2.05, 4.69) is 0 Å². The Bertz CT molecular complexity index is 776. The van der Waals surface area contributed by atoms with Gasteiger partial charge < -0.3 is 77.0 Å². The van der Waals surface area contributed by atoms with Gasteiger partial charge in [-0.25, -0.2) is 0 Å². The van der Waals surface area contributed by atoms with Gasteiger partial charge in [0, 0.05) is 0 Å². The van der Waals surface area contributed by atoms with E-state index in [1.807, 2.05) is 0 Å². The van der Waals surface area contributed by atoms with Gasteiger partial charge in [-0.1, -0.05) is 0 Å². The maximum atomic E-state index is 11.0. The summed E-state index contributed by atoms with van der Waals surface area (Å²) < 4.78 is 28.2. The summed E-state index contributed by atoms with van der Waals surface area (Å²) in [4.78, 5) is 0. The lowest BCUT2D eigenvalue weighted by Gasteiger charge is -2.54. The van der Waals surface area contributed by atoms with E-state index in [0.717, 1.165) is 0 Å². The molecule has 0 saturated carbocycles. The largest absolute Gasteiger partial charge is 0.394 e. The average molecular weight is 560 g/mol. The van der Waals surface area contributed by atoms with Gasteiger partial charge in [0.25, 0.3) is 5.72 Å². The van der Waals surface area contributed by atoms with Gasteiger partial charge >= 0.3 is 0 Å². The maximum Gasteiger partial charge on any atom is 0.257 e. The lowest BCUT2D eigenvalue weighted by Crippen LogP contribution is -2.78. The van der Waals surface area contributed by atoms with Gasteiger partial charge in [-0.2, -0.15) is 0 Å². The Hall–Kier alpha value is -0.680. The van der Waals surface area contributed by atoms with E-state index in [1.165, 1.54) is 0 Å². The van der Waals surface area contributed by atoms with Crippen LogP contribution in [0.1, 0.15) is 0 Å². The van der Waals surface area contributed by atoms with Crippen LogP contribution in [0.4, 0.5) is 0 Å². The van der Waals surface area contributed by atoms with Crippen LogP contribution in [0.5, 0.6) is 0 Å². The molecular weight excluding hydrogens is 516 g/mol. The first-order valence-electron chi connectivity index (χ1n) is 12.3. The Morgan fingerprint density at radius 3 is 1.68 bits per heavy atom. The highest BCUT2D eigenvalue weighted by molar-refractivity contribution is 5.00. The zero-order valence-electron chi connectivity index (χ0n) is 21.5. The molecule has 17 nitrogen and oxygen atoms in total. The molecule has 3 heterocycles. The number of nitrogens with zero attached hydrogens (tertiary/aromatic N) is 1. The van der Waals surface area contributed by atoms with Crippen LogP contribution < -0.4 is 17.2 Å². The van der Waals surface area contributed by atoms with Crippen molar-refractivity contribution in [3.8, 4) is 0 Å². The molecule has 3 aliphatic rings. The molecule has 3 aliphatic heterocycles. The first kappa shape index (κ1) is 31.8. The minimum absolute atomic E-state index is 0.161. The van der Waals surface area contributed by atoms with Crippen molar-refractivity contribution in [3.05, 3.63) is 0 Å². The van der Waals surface area contributed by atoms with Crippen molar-refractivity contribution in [2.75, 3.05) is 41.0 Å². The molecule has 0 amide bonds. The average Bonchev–Trinajstić information content (AvgIpc) is 2.87. The number of rotatable bonds is 8. The molecule has 0 aromatic carbocycles. The molecule has 0 bridgehead atoms. The highest BCUT2D eigenvalue weighted by Crippen LogP contribution is 2.37. The molecular formula is C21H43N4O13+. The van der Waals surface area contributed by atoms with Crippen LogP contribution in [0.15, 0.2) is 0 Å². The third-order valence-electron chi connectivity index (χ3n) is 7.58. The van der Waals surface area contributed by atoms with Crippen molar-refractivity contribution < 1.29 is 69.0 Å². The molecule has 224 valence electrons. The predicted molar refractivity (Wildman–Crippen MR) is 124 cm³/mol. The van der Waals surface area contributed by atoms with Crippen LogP contribution in [0.2, 0.25) is 0 Å². The van der Waals surface area contributed by atoms with Crippen molar-refractivity contribution in [2.24, 2.45) is 17.2 Å². The summed E-state index contributed by atoms with van der Waals surface area (Å²) in [7, 11) is 4.84. The quantitative estimate of drug-likeness (QED) is 0.123. The number of nitrogens with two attached hydrogens (primary N) is 3. The Kier molecular flexibility index (Phi) is 10.1. The number of likely N-dealkylation sites (N-methyl/N-ethyl adjacent to an activating group) is 1. The molecule has 17 heteroatoms. The second-order valence-corrected chi connectivity index (χ2v) is 10.8. The predicted octanol–water partition coefficient (Wildman–Crippen LogP) is -7.64. The molecule has 3 rings (SSSR count). The highest BCUT2D eigenvalue weighted by atomic mass is 16.7. The lowest BCUT2D eigenvalue weighted by molar-refractivity contribution is -0.961. The second-order valence-electron chi connectivity index (χ2n) is 10.8. The first-order chi connectivity index (χ1) is 17.6. The van der Waals surface area contributed by atoms with Crippen LogP contribution in [-0.4, -0.2) is 178 Å². The SMILES string of the molecule is C[N+](C)(C)[C@]1(CO)O[C@H](OC2[C@@H](CO)O[C@@H](OC3[C@@H](CO)O[C@@H](O)[C@H](N)[C@H]3O)[C@H](N)[C@H]2O)[C@H](N)[C@@H](O)[C@@H]1O. The summed E-state index contributed by atoms with van der Waals surface area (Å²) in [5.41, 5.74) is 16.2. The van der Waals surface area contributed by atoms with E-state index >= 15 is 0 Å². The molecule has 2 unspecified atom stereocenters. The third-order valence-corrected chi connectivity index (χ3v) is 7.58. The molecule has 0 aromatic heterocycles. The fourth-order valence-electron chi connectivity index (χ4n) is 4.96. The Morgan fingerprint density at radius 1 is 0.711 bits per heavy atom. The van der Waals surface area contributed by atoms with Crippen LogP contribution in [0.25, 0.3) is 0 Å². The smallest absolute Gasteiger partial charge is 0.257 e. The standard InChI is InChI=1S/C21H43N4O13/c1-25(2,3)21(6-28)17(32)14(31)11(24)20(38-21)37-16-8(5-27)35-19(10(23)13(16)30)36-15-7(4-26)34-18(33)9(22)12(15)29/h7-20,26-33H,4-6,22-24H2,1-3H3/q+1/t7-,8-,9-,10-,11-,12-,13-,14-,15?,16?,17+,18-,19+,20+,21-/m1/s1. The van der Waals surface area contributed by atoms with Gasteiger partial charge in [0.05, 0.1) is 52.5 Å². The van der Waals surface area contributed by atoms with Gasteiger partial charge in [-0.3, -0.25) is 9.22 Å². The summed E-state index contributed by atoms with van der Waals surface area (Å²) in [6.07, 6.45) is -16.0. The van der Waals surface area contributed by atoms with Gasteiger partial charge in [-0.05, 0) is 0 Å². The minimum Gasteiger partial charge on any atom is -0.394 e. The van der Waals surface area contributed by atoms with Crippen LogP contribution in [-0.2, 0) is 23.7 Å². The van der Waals surface area contributed by atoms with E-state index in [-0.39, 0.29) is 4.48 Å². The van der Waals surface area contributed by atoms with Crippen molar-refractivity contribution in [2.45, 2.75) is 91.6 Å². The molecule has 15 atom stereocenters. The molecule has 14 N–H and O–H groups in total. The second kappa shape index (κ2) is 12.0. The number of quaternary nitrogens is 1. The topological polar surface area (TPSA) is 286 Å². The van der Waals surface area contributed by atoms with Crippen LogP contribution in [0.3, 0.4) is 0 Å². The molecule has 0 spiro atoms. The van der Waals surface area contributed by atoms with Gasteiger partial charge in [0.1, 0.15) is 49.3 Å². The normalized spacial score (nSPS) is 50.7. The van der Waals surface area contributed by atoms with E-state index in [9.17, 15) is 40.9 Å². The van der Waals surface area contributed by atoms with E-state index in [1.54, 1.807) is 21.1 Å². The van der Waals surface area contributed by atoms with Crippen molar-refractivity contribution in [3.63, 3.8) is 0 Å². The van der Waals surface area contributed by atoms with E-state index in [4.69, 9.17) is 40.9 Å². The number of hydrogen-bond donors (Lipinski definition) is 11. The minimum atomic E-state index is -1.76. The molecule has 3 fully saturated rings. The summed E-state index contributed by atoms with van der Waals surface area (Å²) in [5, 5.41) is 82.3. The summed E-state index contributed by atoms with van der Waals surface area (Å²) in [5.74, 6) is 0. The number of ether oxygens (including phenoxy) is 5. The summed E-state index contributed by atoms with van der Waals surface area (Å²) in [6.45, 7) is -2.10. The highest BCUT2D eigenvalue weighted by Gasteiger charge is 2.62. The zero-order valence-corrected chi connectivity index (χ0v) is 21.5. The van der Waals surface area contributed by atoms with Crippen LogP contribution >= 0.6 is 0 Å². The lowest BCUT2D eigenvalue weighted by atomic mass is 9.90. The summed E-state index contributed by atoms with van der Waals surface area (Å²) in [6, 6.07) is -3.97. The number of aliphatic hydroxyl groups is 8. The zero-order chi connectivity index (χ0) is 28.7. The van der Waals surface area contributed by atoms with Crippen molar-refractivity contribution in [1.82, 2.24) is 0 Å². The first-order valence-corrected chi connectivity index (χ1v) is 12.3. The monoisotopic (exact) mass is 559 g/mol. The van der Waals surface area contributed by atoms with Gasteiger partial charge in [0.2, 0.25) is 0 Å². The van der Waals surface area contributed by atoms with E-state index in [0.29, 0.717) is 0 Å². The maximum absolute atomic E-state index is 11.0. The van der Waals surface area contributed by atoms with E-state index < -0.39 is 111 Å². The van der Waals surface area contributed by atoms with Gasteiger partial charge in [0.15, 0.2) is 25.0 Å². The molecule has 0 aliphatic carbocycles. The fourth-order valence-corrected chi connectivity index (χ4v) is 4.96. The molecule has 38 heavy (non-hydrogen) atoms. The Labute approximate surface area is 219 Å².